The molecule has 0 aromatic carbocycles. The van der Waals surface area contributed by atoms with Gasteiger partial charge >= 0.3 is 0 Å². The van der Waals surface area contributed by atoms with E-state index in [1.54, 1.807) is 19.5 Å². The van der Waals surface area contributed by atoms with Gasteiger partial charge in [0.2, 0.25) is 5.88 Å². The molecule has 2 aromatic heterocycles. The van der Waals surface area contributed by atoms with Crippen molar-refractivity contribution in [2.24, 2.45) is 0 Å². The van der Waals surface area contributed by atoms with Gasteiger partial charge in [0.1, 0.15) is 6.61 Å². The molecular weight excluding hydrogens is 242 g/mol. The van der Waals surface area contributed by atoms with Gasteiger partial charge in [0.25, 0.3) is 0 Å². The quantitative estimate of drug-likeness (QED) is 0.772. The number of nitrogens with zero attached hydrogens (tertiary/aromatic N) is 2. The highest BCUT2D eigenvalue weighted by Crippen LogP contribution is 2.12. The average Bonchev–Trinajstić information content (AvgIpc) is 2.48. The van der Waals surface area contributed by atoms with Gasteiger partial charge in [-0.2, -0.15) is 0 Å². The Morgan fingerprint density at radius 2 is 2.11 bits per heavy atom. The van der Waals surface area contributed by atoms with Crippen LogP contribution in [0.2, 0.25) is 0 Å². The molecular formula is C14H17N3O2. The molecule has 0 radical (unpaired) electrons. The lowest BCUT2D eigenvalue weighted by molar-refractivity contribution is 0.144. The maximum atomic E-state index is 5.39. The third kappa shape index (κ3) is 4.56. The Bertz CT molecular complexity index is 474. The first-order chi connectivity index (χ1) is 9.38. The molecule has 0 bridgehead atoms. The highest BCUT2D eigenvalue weighted by molar-refractivity contribution is 5.42. The lowest BCUT2D eigenvalue weighted by Crippen LogP contribution is -2.05. The Balaban J connectivity index is 1.81. The number of methoxy groups -OCH3 is 1. The van der Waals surface area contributed by atoms with Crippen molar-refractivity contribution >= 4 is 5.69 Å². The van der Waals surface area contributed by atoms with E-state index in [9.17, 15) is 0 Å². The molecule has 5 nitrogen and oxygen atoms in total. The monoisotopic (exact) mass is 259 g/mol. The molecule has 0 saturated heterocycles. The summed E-state index contributed by atoms with van der Waals surface area (Å²) in [6.07, 6.45) is 5.35. The second-order valence-electron chi connectivity index (χ2n) is 3.94. The number of anilines is 1. The smallest absolute Gasteiger partial charge is 0.213 e. The lowest BCUT2D eigenvalue weighted by atomic mass is 10.3. The number of hydrogen-bond acceptors (Lipinski definition) is 5. The van der Waals surface area contributed by atoms with E-state index in [0.717, 1.165) is 17.8 Å². The van der Waals surface area contributed by atoms with Crippen LogP contribution in [0.15, 0.2) is 42.9 Å². The minimum Gasteiger partial charge on any atom is -0.475 e. The van der Waals surface area contributed by atoms with E-state index in [2.05, 4.69) is 15.3 Å². The van der Waals surface area contributed by atoms with Crippen LogP contribution in [0, 0.1) is 0 Å². The number of rotatable bonds is 7. The van der Waals surface area contributed by atoms with Crippen LogP contribution >= 0.6 is 0 Å². The summed E-state index contributed by atoms with van der Waals surface area (Å²) >= 11 is 0. The number of hydrogen-bond donors (Lipinski definition) is 1. The minimum absolute atomic E-state index is 0.506. The molecule has 0 aliphatic rings. The summed E-state index contributed by atoms with van der Waals surface area (Å²) < 4.78 is 10.3. The number of pyridine rings is 2. The van der Waals surface area contributed by atoms with E-state index < -0.39 is 0 Å². The van der Waals surface area contributed by atoms with Crippen molar-refractivity contribution in [3.05, 3.63) is 48.4 Å². The normalized spacial score (nSPS) is 10.2. The van der Waals surface area contributed by atoms with Crippen LogP contribution in [0.3, 0.4) is 0 Å². The van der Waals surface area contributed by atoms with Crippen LogP contribution in [0.4, 0.5) is 5.69 Å². The van der Waals surface area contributed by atoms with Gasteiger partial charge in [-0.1, -0.05) is 6.07 Å². The van der Waals surface area contributed by atoms with Gasteiger partial charge in [-0.05, 0) is 17.7 Å². The fourth-order valence-electron chi connectivity index (χ4n) is 1.51. The van der Waals surface area contributed by atoms with Gasteiger partial charge in [0, 0.05) is 32.1 Å². The second-order valence-corrected chi connectivity index (χ2v) is 3.94. The van der Waals surface area contributed by atoms with Crippen LogP contribution in [-0.2, 0) is 11.3 Å². The van der Waals surface area contributed by atoms with Crippen molar-refractivity contribution in [1.82, 2.24) is 9.97 Å². The molecule has 5 heteroatoms. The molecule has 2 aromatic rings. The first-order valence-electron chi connectivity index (χ1n) is 6.09. The third-order valence-corrected chi connectivity index (χ3v) is 2.49. The zero-order chi connectivity index (χ0) is 13.3. The summed E-state index contributed by atoms with van der Waals surface area (Å²) in [5, 5.41) is 3.27. The molecule has 2 heterocycles. The highest BCUT2D eigenvalue weighted by atomic mass is 16.5. The largest absolute Gasteiger partial charge is 0.475 e. The van der Waals surface area contributed by atoms with Gasteiger partial charge in [-0.15, -0.1) is 0 Å². The predicted molar refractivity (Wildman–Crippen MR) is 73.2 cm³/mol. The fraction of sp³-hybridized carbons (Fsp3) is 0.286. The van der Waals surface area contributed by atoms with Crippen molar-refractivity contribution in [3.8, 4) is 5.88 Å². The Morgan fingerprint density at radius 3 is 2.79 bits per heavy atom. The maximum Gasteiger partial charge on any atom is 0.213 e. The van der Waals surface area contributed by atoms with Crippen molar-refractivity contribution < 1.29 is 9.47 Å². The highest BCUT2D eigenvalue weighted by Gasteiger charge is 1.97. The summed E-state index contributed by atoms with van der Waals surface area (Å²) in [6.45, 7) is 1.79. The Labute approximate surface area is 112 Å². The van der Waals surface area contributed by atoms with E-state index in [1.807, 2.05) is 30.5 Å². The number of ether oxygens (including phenoxy) is 2. The van der Waals surface area contributed by atoms with Crippen molar-refractivity contribution in [2.45, 2.75) is 6.54 Å². The summed E-state index contributed by atoms with van der Waals surface area (Å²) in [5.41, 5.74) is 2.07. The number of nitrogens with one attached hydrogen (secondary N) is 1. The van der Waals surface area contributed by atoms with E-state index in [1.165, 1.54) is 0 Å². The molecule has 0 fully saturated rings. The van der Waals surface area contributed by atoms with E-state index in [0.29, 0.717) is 19.1 Å². The summed E-state index contributed by atoms with van der Waals surface area (Å²) in [7, 11) is 1.64. The Morgan fingerprint density at radius 1 is 1.16 bits per heavy atom. The zero-order valence-corrected chi connectivity index (χ0v) is 10.9. The van der Waals surface area contributed by atoms with Gasteiger partial charge in [0.05, 0.1) is 18.5 Å². The summed E-state index contributed by atoms with van der Waals surface area (Å²) in [5.74, 6) is 0.601. The van der Waals surface area contributed by atoms with Crippen molar-refractivity contribution in [3.63, 3.8) is 0 Å². The molecule has 0 atom stereocenters. The SMILES string of the molecule is COCCOc1ccc(NCc2cccnc2)cn1. The van der Waals surface area contributed by atoms with Crippen molar-refractivity contribution in [2.75, 3.05) is 25.6 Å². The van der Waals surface area contributed by atoms with E-state index in [-0.39, 0.29) is 0 Å². The Kier molecular flexibility index (Phi) is 5.13. The van der Waals surface area contributed by atoms with Gasteiger partial charge in [0.15, 0.2) is 0 Å². The molecule has 100 valence electrons. The molecule has 1 N–H and O–H groups in total. The van der Waals surface area contributed by atoms with Crippen LogP contribution < -0.4 is 10.1 Å². The molecule has 0 unspecified atom stereocenters. The van der Waals surface area contributed by atoms with E-state index in [4.69, 9.17) is 9.47 Å². The maximum absolute atomic E-state index is 5.39. The standard InChI is InChI=1S/C14H17N3O2/c1-18-7-8-19-14-5-4-13(11-17-14)16-10-12-3-2-6-15-9-12/h2-6,9,11,16H,7-8,10H2,1H3. The van der Waals surface area contributed by atoms with Gasteiger partial charge in [-0.3, -0.25) is 4.98 Å². The minimum atomic E-state index is 0.506. The fourth-order valence-corrected chi connectivity index (χ4v) is 1.51. The summed E-state index contributed by atoms with van der Waals surface area (Å²) in [4.78, 5) is 8.27. The van der Waals surface area contributed by atoms with Crippen LogP contribution in [0.1, 0.15) is 5.56 Å². The van der Waals surface area contributed by atoms with Crippen LogP contribution in [-0.4, -0.2) is 30.3 Å². The van der Waals surface area contributed by atoms with Gasteiger partial charge in [-0.25, -0.2) is 4.98 Å². The third-order valence-electron chi connectivity index (χ3n) is 2.49. The van der Waals surface area contributed by atoms with Crippen molar-refractivity contribution in [1.29, 1.82) is 0 Å². The first kappa shape index (κ1) is 13.3. The second kappa shape index (κ2) is 7.33. The van der Waals surface area contributed by atoms with Gasteiger partial charge < -0.3 is 14.8 Å². The molecule has 0 aliphatic carbocycles. The Hall–Kier alpha value is -2.14. The first-order valence-corrected chi connectivity index (χ1v) is 6.09. The molecule has 19 heavy (non-hydrogen) atoms. The van der Waals surface area contributed by atoms with Crippen LogP contribution in [0.5, 0.6) is 5.88 Å². The lowest BCUT2D eigenvalue weighted by Gasteiger charge is -2.07. The van der Waals surface area contributed by atoms with Crippen LogP contribution in [0.25, 0.3) is 0 Å². The van der Waals surface area contributed by atoms with E-state index >= 15 is 0 Å². The molecule has 0 spiro atoms. The molecule has 0 amide bonds. The topological polar surface area (TPSA) is 56.3 Å². The average molecular weight is 259 g/mol. The zero-order valence-electron chi connectivity index (χ0n) is 10.9. The molecule has 0 aliphatic heterocycles. The summed E-state index contributed by atoms with van der Waals surface area (Å²) in [6, 6.07) is 7.71. The molecule has 2 rings (SSSR count). The predicted octanol–water partition coefficient (Wildman–Crippen LogP) is 2.11. The number of aromatic nitrogens is 2. The molecule has 0 saturated carbocycles.